The highest BCUT2D eigenvalue weighted by Gasteiger charge is 2.37. The Morgan fingerprint density at radius 1 is 0.800 bits per heavy atom. The van der Waals surface area contributed by atoms with E-state index in [0.29, 0.717) is 35.6 Å². The number of hydrogen-bond donors (Lipinski definition) is 0. The van der Waals surface area contributed by atoms with Gasteiger partial charge in [-0.2, -0.15) is 0 Å². The summed E-state index contributed by atoms with van der Waals surface area (Å²) in [5.74, 6) is -0.196. The van der Waals surface area contributed by atoms with Gasteiger partial charge in [-0.15, -0.1) is 0 Å². The number of carbonyl (C=O) groups excluding carboxylic acids is 3. The standard InChI is InChI=1S/C29H30N2O4/c1-2-3-4-8-15-27(32)30(21-31-28(33)25-13-9-10-14-26(25)29(31)34)23-16-18-24(19-17-23)35-20-22-11-6-5-7-12-22/h5-7,9-14,16-19H,2-4,8,15,20-21H2,1H3. The molecule has 0 saturated carbocycles. The minimum absolute atomic E-state index is 0.115. The van der Waals surface area contributed by atoms with E-state index in [0.717, 1.165) is 36.1 Å². The molecule has 35 heavy (non-hydrogen) atoms. The summed E-state index contributed by atoms with van der Waals surface area (Å²) in [5, 5.41) is 0. The molecule has 0 bridgehead atoms. The highest BCUT2D eigenvalue weighted by Crippen LogP contribution is 2.26. The second-order valence-electron chi connectivity index (χ2n) is 8.63. The molecular weight excluding hydrogens is 440 g/mol. The maximum absolute atomic E-state index is 13.2. The summed E-state index contributed by atoms with van der Waals surface area (Å²) in [4.78, 5) is 41.7. The van der Waals surface area contributed by atoms with Crippen molar-refractivity contribution in [3.05, 3.63) is 95.6 Å². The smallest absolute Gasteiger partial charge is 0.263 e. The van der Waals surface area contributed by atoms with Crippen LogP contribution in [0.15, 0.2) is 78.9 Å². The van der Waals surface area contributed by atoms with Gasteiger partial charge in [0.1, 0.15) is 19.0 Å². The Hall–Kier alpha value is -3.93. The molecule has 180 valence electrons. The maximum atomic E-state index is 13.2. The molecule has 3 aromatic carbocycles. The van der Waals surface area contributed by atoms with Gasteiger partial charge in [-0.1, -0.05) is 68.7 Å². The largest absolute Gasteiger partial charge is 0.489 e. The van der Waals surface area contributed by atoms with Gasteiger partial charge in [0.25, 0.3) is 11.8 Å². The van der Waals surface area contributed by atoms with Crippen LogP contribution in [0.3, 0.4) is 0 Å². The van der Waals surface area contributed by atoms with Crippen LogP contribution in [0.1, 0.15) is 65.3 Å². The van der Waals surface area contributed by atoms with Crippen molar-refractivity contribution in [3.63, 3.8) is 0 Å². The number of fused-ring (bicyclic) bond motifs is 1. The molecule has 0 aromatic heterocycles. The van der Waals surface area contributed by atoms with Gasteiger partial charge in [0.2, 0.25) is 5.91 Å². The molecule has 6 heteroatoms. The Bertz CT molecular complexity index is 1140. The van der Waals surface area contributed by atoms with Crippen molar-refractivity contribution in [1.82, 2.24) is 4.90 Å². The third-order valence-corrected chi connectivity index (χ3v) is 6.10. The molecule has 1 aliphatic heterocycles. The molecule has 0 atom stereocenters. The molecule has 0 N–H and O–H groups in total. The summed E-state index contributed by atoms with van der Waals surface area (Å²) in [6.07, 6.45) is 4.24. The van der Waals surface area contributed by atoms with Gasteiger partial charge >= 0.3 is 0 Å². The second-order valence-corrected chi connectivity index (χ2v) is 8.63. The zero-order valence-electron chi connectivity index (χ0n) is 20.0. The molecular formula is C29H30N2O4. The Morgan fingerprint density at radius 3 is 2.06 bits per heavy atom. The zero-order chi connectivity index (χ0) is 24.6. The Morgan fingerprint density at radius 2 is 1.43 bits per heavy atom. The number of imide groups is 1. The highest BCUT2D eigenvalue weighted by atomic mass is 16.5. The predicted molar refractivity (Wildman–Crippen MR) is 135 cm³/mol. The van der Waals surface area contributed by atoms with Gasteiger partial charge in [0, 0.05) is 12.1 Å². The first kappa shape index (κ1) is 24.2. The molecule has 3 amide bonds. The van der Waals surface area contributed by atoms with Gasteiger partial charge in [0.05, 0.1) is 11.1 Å². The molecule has 0 spiro atoms. The van der Waals surface area contributed by atoms with Crippen molar-refractivity contribution >= 4 is 23.4 Å². The van der Waals surface area contributed by atoms with Crippen LogP contribution in [0.2, 0.25) is 0 Å². The Balaban J connectivity index is 1.50. The average Bonchev–Trinajstić information content (AvgIpc) is 3.14. The number of nitrogens with zero attached hydrogens (tertiary/aromatic N) is 2. The zero-order valence-corrected chi connectivity index (χ0v) is 20.0. The maximum Gasteiger partial charge on any atom is 0.263 e. The van der Waals surface area contributed by atoms with Crippen molar-refractivity contribution in [2.75, 3.05) is 11.6 Å². The van der Waals surface area contributed by atoms with E-state index < -0.39 is 0 Å². The van der Waals surface area contributed by atoms with Crippen LogP contribution in [0.25, 0.3) is 0 Å². The van der Waals surface area contributed by atoms with E-state index >= 15 is 0 Å². The molecule has 0 radical (unpaired) electrons. The van der Waals surface area contributed by atoms with E-state index in [1.165, 1.54) is 4.90 Å². The lowest BCUT2D eigenvalue weighted by Gasteiger charge is -2.27. The number of ether oxygens (including phenoxy) is 1. The molecule has 0 aliphatic carbocycles. The fourth-order valence-corrected chi connectivity index (χ4v) is 4.11. The summed E-state index contributed by atoms with van der Waals surface area (Å²) >= 11 is 0. The number of anilines is 1. The second kappa shape index (κ2) is 11.5. The number of rotatable bonds is 11. The summed E-state index contributed by atoms with van der Waals surface area (Å²) in [6.45, 7) is 2.44. The number of unbranched alkanes of at least 4 members (excludes halogenated alkanes) is 3. The van der Waals surface area contributed by atoms with E-state index in [-0.39, 0.29) is 24.4 Å². The molecule has 1 heterocycles. The van der Waals surface area contributed by atoms with Crippen LogP contribution in [0, 0.1) is 0 Å². The molecule has 4 rings (SSSR count). The van der Waals surface area contributed by atoms with Crippen LogP contribution in [-0.2, 0) is 11.4 Å². The molecule has 0 saturated heterocycles. The topological polar surface area (TPSA) is 66.9 Å². The lowest BCUT2D eigenvalue weighted by atomic mass is 10.1. The average molecular weight is 471 g/mol. The van der Waals surface area contributed by atoms with Gasteiger partial charge < -0.3 is 4.74 Å². The van der Waals surface area contributed by atoms with Crippen LogP contribution in [0.4, 0.5) is 5.69 Å². The Kier molecular flexibility index (Phi) is 7.93. The lowest BCUT2D eigenvalue weighted by Crippen LogP contribution is -2.44. The van der Waals surface area contributed by atoms with Crippen molar-refractivity contribution in [2.45, 2.75) is 45.6 Å². The van der Waals surface area contributed by atoms with Crippen molar-refractivity contribution in [2.24, 2.45) is 0 Å². The first-order valence-corrected chi connectivity index (χ1v) is 12.1. The monoisotopic (exact) mass is 470 g/mol. The predicted octanol–water partition coefficient (Wildman–Crippen LogP) is 5.82. The number of amides is 3. The van der Waals surface area contributed by atoms with Gasteiger partial charge in [0.15, 0.2) is 0 Å². The van der Waals surface area contributed by atoms with E-state index in [1.54, 1.807) is 48.5 Å². The van der Waals surface area contributed by atoms with Crippen LogP contribution >= 0.6 is 0 Å². The summed E-state index contributed by atoms with van der Waals surface area (Å²) in [6, 6.07) is 23.8. The highest BCUT2D eigenvalue weighted by molar-refractivity contribution is 6.21. The van der Waals surface area contributed by atoms with E-state index in [4.69, 9.17) is 4.74 Å². The van der Waals surface area contributed by atoms with Crippen LogP contribution in [-0.4, -0.2) is 29.3 Å². The first-order chi connectivity index (χ1) is 17.1. The quantitative estimate of drug-likeness (QED) is 0.261. The Labute approximate surface area is 206 Å². The minimum atomic E-state index is -0.378. The van der Waals surface area contributed by atoms with Crippen molar-refractivity contribution in [3.8, 4) is 5.75 Å². The van der Waals surface area contributed by atoms with Gasteiger partial charge in [-0.3, -0.25) is 24.2 Å². The van der Waals surface area contributed by atoms with Crippen molar-refractivity contribution < 1.29 is 19.1 Å². The normalized spacial score (nSPS) is 12.5. The summed E-state index contributed by atoms with van der Waals surface area (Å²) in [5.41, 5.74) is 2.43. The van der Waals surface area contributed by atoms with E-state index in [2.05, 4.69) is 6.92 Å². The third kappa shape index (κ3) is 5.77. The molecule has 6 nitrogen and oxygen atoms in total. The molecule has 3 aromatic rings. The van der Waals surface area contributed by atoms with Crippen LogP contribution < -0.4 is 9.64 Å². The number of hydrogen-bond acceptors (Lipinski definition) is 4. The molecule has 1 aliphatic rings. The van der Waals surface area contributed by atoms with Crippen molar-refractivity contribution in [1.29, 1.82) is 0 Å². The molecule has 0 fully saturated rings. The third-order valence-electron chi connectivity index (χ3n) is 6.10. The van der Waals surface area contributed by atoms with Gasteiger partial charge in [-0.05, 0) is 48.4 Å². The van der Waals surface area contributed by atoms with E-state index in [1.807, 2.05) is 30.3 Å². The first-order valence-electron chi connectivity index (χ1n) is 12.1. The molecule has 0 unspecified atom stereocenters. The summed E-state index contributed by atoms with van der Waals surface area (Å²) in [7, 11) is 0. The fourth-order valence-electron chi connectivity index (χ4n) is 4.11. The van der Waals surface area contributed by atoms with E-state index in [9.17, 15) is 14.4 Å². The number of carbonyl (C=O) groups is 3. The number of benzene rings is 3. The SMILES string of the molecule is CCCCCCC(=O)N(CN1C(=O)c2ccccc2C1=O)c1ccc(OCc2ccccc2)cc1. The fraction of sp³-hybridized carbons (Fsp3) is 0.276. The lowest BCUT2D eigenvalue weighted by molar-refractivity contribution is -0.119. The summed E-state index contributed by atoms with van der Waals surface area (Å²) < 4.78 is 5.87. The van der Waals surface area contributed by atoms with Gasteiger partial charge in [-0.25, -0.2) is 0 Å². The minimum Gasteiger partial charge on any atom is -0.489 e. The van der Waals surface area contributed by atoms with Crippen LogP contribution in [0.5, 0.6) is 5.75 Å².